The van der Waals surface area contributed by atoms with Crippen LogP contribution >= 0.6 is 12.4 Å². The number of hydrogen-bond donors (Lipinski definition) is 2. The highest BCUT2D eigenvalue weighted by atomic mass is 35.5. The van der Waals surface area contributed by atoms with Crippen molar-refractivity contribution in [1.82, 2.24) is 5.32 Å². The number of nitrogens with one attached hydrogen (secondary N) is 1. The number of nitriles is 1. The summed E-state index contributed by atoms with van der Waals surface area (Å²) in [6, 6.07) is 8.12. The van der Waals surface area contributed by atoms with Gasteiger partial charge in [0, 0.05) is 18.5 Å². The predicted molar refractivity (Wildman–Crippen MR) is 107 cm³/mol. The van der Waals surface area contributed by atoms with Crippen LogP contribution in [0.5, 0.6) is 5.75 Å². The number of rotatable bonds is 5. The maximum absolute atomic E-state index is 13.6. The summed E-state index contributed by atoms with van der Waals surface area (Å²) >= 11 is 0. The maximum atomic E-state index is 13.6. The molecule has 0 bridgehead atoms. The van der Waals surface area contributed by atoms with Gasteiger partial charge in [-0.25, -0.2) is 0 Å². The Hall–Kier alpha value is -2.48. The topological polar surface area (TPSA) is 71.1 Å². The van der Waals surface area contributed by atoms with Crippen LogP contribution in [0.25, 0.3) is 0 Å². The van der Waals surface area contributed by atoms with E-state index in [1.807, 2.05) is 0 Å². The molecule has 1 heterocycles. The van der Waals surface area contributed by atoms with E-state index in [1.165, 1.54) is 6.07 Å². The molecule has 1 aliphatic rings. The number of nitrogens with zero attached hydrogens (tertiary/aromatic N) is 1. The lowest BCUT2D eigenvalue weighted by Crippen LogP contribution is -2.44. The van der Waals surface area contributed by atoms with Crippen molar-refractivity contribution >= 4 is 12.4 Å². The molecule has 2 aromatic rings. The standard InChI is InChI=1S/C21H19F6N3O.ClH/c22-20(23,24)18-7-13(3-4-14(18)10-29)17-8-15(30-19(17)21(25,26)27)11-31-16-5-1-12(9-28)2-6-16;/h1-7,15,17,19,30H,8-9,11,28H2;1H/t15-,17?,19+;/m0./s1. The molecule has 1 unspecified atom stereocenters. The zero-order valence-electron chi connectivity index (χ0n) is 16.5. The van der Waals surface area contributed by atoms with Gasteiger partial charge in [0.15, 0.2) is 0 Å². The molecular weight excluding hydrogens is 460 g/mol. The fourth-order valence-corrected chi connectivity index (χ4v) is 3.69. The molecule has 3 rings (SSSR count). The minimum Gasteiger partial charge on any atom is -0.492 e. The minimum absolute atomic E-state index is 0. The van der Waals surface area contributed by atoms with Crippen molar-refractivity contribution in [2.45, 2.75) is 43.3 Å². The molecule has 0 spiro atoms. The first-order valence-electron chi connectivity index (χ1n) is 9.38. The van der Waals surface area contributed by atoms with Gasteiger partial charge >= 0.3 is 12.4 Å². The zero-order chi connectivity index (χ0) is 22.8. The van der Waals surface area contributed by atoms with Gasteiger partial charge in [0.05, 0.1) is 17.2 Å². The van der Waals surface area contributed by atoms with Gasteiger partial charge in [-0.15, -0.1) is 12.4 Å². The summed E-state index contributed by atoms with van der Waals surface area (Å²) in [5.74, 6) is -0.800. The molecule has 0 aromatic heterocycles. The lowest BCUT2D eigenvalue weighted by atomic mass is 9.88. The average Bonchev–Trinajstić information content (AvgIpc) is 3.16. The number of ether oxygens (including phenoxy) is 1. The molecule has 4 nitrogen and oxygen atoms in total. The van der Waals surface area contributed by atoms with Crippen LogP contribution in [-0.4, -0.2) is 24.9 Å². The van der Waals surface area contributed by atoms with Gasteiger partial charge in [-0.3, -0.25) is 5.32 Å². The first-order chi connectivity index (χ1) is 14.5. The number of nitrogens with two attached hydrogens (primary N) is 1. The Kier molecular flexibility index (Phi) is 8.04. The smallest absolute Gasteiger partial charge is 0.417 e. The SMILES string of the molecule is Cl.N#Cc1ccc(C2C[C@@H](COc3ccc(CN)cc3)N[C@H]2C(F)(F)F)cc1C(F)(F)F. The minimum atomic E-state index is -4.85. The molecule has 0 amide bonds. The van der Waals surface area contributed by atoms with Gasteiger partial charge in [0.2, 0.25) is 0 Å². The number of halogens is 7. The number of hydrogen-bond acceptors (Lipinski definition) is 4. The third-order valence-electron chi connectivity index (χ3n) is 5.22. The molecule has 2 aromatic carbocycles. The molecule has 0 radical (unpaired) electrons. The van der Waals surface area contributed by atoms with Gasteiger partial charge in [-0.2, -0.15) is 31.6 Å². The van der Waals surface area contributed by atoms with E-state index in [1.54, 1.807) is 24.3 Å². The van der Waals surface area contributed by atoms with E-state index in [0.29, 0.717) is 18.4 Å². The van der Waals surface area contributed by atoms with Gasteiger partial charge in [-0.1, -0.05) is 18.2 Å². The van der Waals surface area contributed by atoms with Gasteiger partial charge < -0.3 is 10.5 Å². The lowest BCUT2D eigenvalue weighted by molar-refractivity contribution is -0.156. The highest BCUT2D eigenvalue weighted by molar-refractivity contribution is 5.85. The molecule has 174 valence electrons. The molecule has 11 heteroatoms. The van der Waals surface area contributed by atoms with Crippen molar-refractivity contribution in [2.24, 2.45) is 5.73 Å². The van der Waals surface area contributed by atoms with E-state index in [2.05, 4.69) is 5.32 Å². The second-order valence-corrected chi connectivity index (χ2v) is 7.30. The molecule has 32 heavy (non-hydrogen) atoms. The van der Waals surface area contributed by atoms with Crippen LogP contribution in [0, 0.1) is 11.3 Å². The van der Waals surface area contributed by atoms with Crippen LogP contribution in [0.1, 0.15) is 34.6 Å². The van der Waals surface area contributed by atoms with Crippen LogP contribution in [-0.2, 0) is 12.7 Å². The normalized spacial score (nSPS) is 21.0. The van der Waals surface area contributed by atoms with E-state index < -0.39 is 41.5 Å². The summed E-state index contributed by atoms with van der Waals surface area (Å²) in [5, 5.41) is 11.3. The molecule has 3 atom stereocenters. The van der Waals surface area contributed by atoms with E-state index >= 15 is 0 Å². The van der Waals surface area contributed by atoms with Crippen LogP contribution in [0.15, 0.2) is 42.5 Å². The Labute approximate surface area is 186 Å². The van der Waals surface area contributed by atoms with E-state index in [-0.39, 0.29) is 31.0 Å². The zero-order valence-corrected chi connectivity index (χ0v) is 17.3. The van der Waals surface area contributed by atoms with Gasteiger partial charge in [0.1, 0.15) is 18.4 Å². The first kappa shape index (κ1) is 25.8. The van der Waals surface area contributed by atoms with Crippen molar-refractivity contribution < 1.29 is 31.1 Å². The van der Waals surface area contributed by atoms with E-state index in [9.17, 15) is 26.3 Å². The van der Waals surface area contributed by atoms with Crippen molar-refractivity contribution in [2.75, 3.05) is 6.61 Å². The van der Waals surface area contributed by atoms with Crippen molar-refractivity contribution in [3.8, 4) is 11.8 Å². The molecule has 0 saturated carbocycles. The quantitative estimate of drug-likeness (QED) is 0.598. The Morgan fingerprint density at radius 2 is 1.72 bits per heavy atom. The highest BCUT2D eigenvalue weighted by Gasteiger charge is 2.51. The summed E-state index contributed by atoms with van der Waals surface area (Å²) in [4.78, 5) is 0. The van der Waals surface area contributed by atoms with Crippen molar-refractivity contribution in [3.05, 3.63) is 64.7 Å². The van der Waals surface area contributed by atoms with Crippen LogP contribution in [0.3, 0.4) is 0 Å². The summed E-state index contributed by atoms with van der Waals surface area (Å²) in [6.07, 6.45) is -9.60. The van der Waals surface area contributed by atoms with Crippen molar-refractivity contribution in [3.63, 3.8) is 0 Å². The second kappa shape index (κ2) is 9.98. The maximum Gasteiger partial charge on any atom is 0.417 e. The van der Waals surface area contributed by atoms with Gasteiger partial charge in [-0.05, 0) is 41.8 Å². The number of alkyl halides is 6. The largest absolute Gasteiger partial charge is 0.492 e. The lowest BCUT2D eigenvalue weighted by Gasteiger charge is -2.23. The van der Waals surface area contributed by atoms with Crippen LogP contribution in [0.2, 0.25) is 0 Å². The average molecular weight is 480 g/mol. The number of benzene rings is 2. The molecular formula is C21H20ClF6N3O. The van der Waals surface area contributed by atoms with Crippen LogP contribution < -0.4 is 15.8 Å². The monoisotopic (exact) mass is 479 g/mol. The fourth-order valence-electron chi connectivity index (χ4n) is 3.69. The fraction of sp³-hybridized carbons (Fsp3) is 0.381. The van der Waals surface area contributed by atoms with Crippen LogP contribution in [0.4, 0.5) is 26.3 Å². The predicted octanol–water partition coefficient (Wildman–Crippen LogP) is 4.91. The Morgan fingerprint density at radius 1 is 1.06 bits per heavy atom. The first-order valence-corrected chi connectivity index (χ1v) is 9.38. The Morgan fingerprint density at radius 3 is 2.25 bits per heavy atom. The molecule has 1 saturated heterocycles. The molecule has 1 aliphatic heterocycles. The summed E-state index contributed by atoms with van der Waals surface area (Å²) in [7, 11) is 0. The second-order valence-electron chi connectivity index (χ2n) is 7.30. The third-order valence-corrected chi connectivity index (χ3v) is 5.22. The van der Waals surface area contributed by atoms with Gasteiger partial charge in [0.25, 0.3) is 0 Å². The summed E-state index contributed by atoms with van der Waals surface area (Å²) in [5.41, 5.74) is 4.37. The Bertz CT molecular complexity index is 956. The molecule has 0 aliphatic carbocycles. The summed E-state index contributed by atoms with van der Waals surface area (Å²) in [6.45, 7) is 0.247. The highest BCUT2D eigenvalue weighted by Crippen LogP contribution is 2.42. The van der Waals surface area contributed by atoms with E-state index in [4.69, 9.17) is 15.7 Å². The summed E-state index contributed by atoms with van der Waals surface area (Å²) < 4.78 is 86.1. The van der Waals surface area contributed by atoms with Crippen molar-refractivity contribution in [1.29, 1.82) is 5.26 Å². The molecule has 1 fully saturated rings. The third kappa shape index (κ3) is 5.85. The Balaban J connectivity index is 0.00000363. The molecule has 3 N–H and O–H groups in total. The van der Waals surface area contributed by atoms with E-state index in [0.717, 1.165) is 17.7 Å².